The standard InChI is InChI=1S/C26H30FN9O2/c1-34(2)15-18-16-36(33-22(18)17-7-5-4-6-8-17)23-19(27)14-29-26(32-23)30-21-13-20(28)24(31-25(21)37-3)35-9-11-38-12-10-35/h4-8,13-14,16H,9-12,15,28H2,1-3H3,(H,29,30,32). The number of halogens is 1. The molecule has 1 aliphatic heterocycles. The molecule has 12 heteroatoms. The maximum Gasteiger partial charge on any atom is 0.239 e. The van der Waals surface area contributed by atoms with Crippen molar-refractivity contribution in [3.8, 4) is 23.0 Å². The molecule has 0 unspecified atom stereocenters. The van der Waals surface area contributed by atoms with Crippen molar-refractivity contribution < 1.29 is 13.9 Å². The maximum absolute atomic E-state index is 15.0. The fraction of sp³-hybridized carbons (Fsp3) is 0.308. The second kappa shape index (κ2) is 11.0. The molecule has 4 heterocycles. The number of aromatic nitrogens is 5. The molecule has 1 saturated heterocycles. The van der Waals surface area contributed by atoms with Crippen molar-refractivity contribution in [3.63, 3.8) is 0 Å². The van der Waals surface area contributed by atoms with Crippen LogP contribution >= 0.6 is 0 Å². The number of rotatable bonds is 8. The zero-order valence-electron chi connectivity index (χ0n) is 21.6. The smallest absolute Gasteiger partial charge is 0.239 e. The van der Waals surface area contributed by atoms with Crippen LogP contribution in [-0.4, -0.2) is 77.1 Å². The largest absolute Gasteiger partial charge is 0.479 e. The van der Waals surface area contributed by atoms with E-state index < -0.39 is 5.82 Å². The van der Waals surface area contributed by atoms with E-state index in [2.05, 4.69) is 25.4 Å². The number of morpholine rings is 1. The van der Waals surface area contributed by atoms with E-state index in [1.165, 1.54) is 11.8 Å². The highest BCUT2D eigenvalue weighted by molar-refractivity contribution is 5.74. The summed E-state index contributed by atoms with van der Waals surface area (Å²) in [4.78, 5) is 17.2. The molecular formula is C26H30FN9O2. The second-order valence-corrected chi connectivity index (χ2v) is 9.10. The summed E-state index contributed by atoms with van der Waals surface area (Å²) >= 11 is 0. The second-order valence-electron chi connectivity index (χ2n) is 9.10. The Hall–Kier alpha value is -4.29. The minimum atomic E-state index is -0.610. The third-order valence-electron chi connectivity index (χ3n) is 6.01. The van der Waals surface area contributed by atoms with Crippen LogP contribution in [0.15, 0.2) is 48.8 Å². The lowest BCUT2D eigenvalue weighted by atomic mass is 10.1. The van der Waals surface area contributed by atoms with Crippen LogP contribution in [0.2, 0.25) is 0 Å². The molecular weight excluding hydrogens is 489 g/mol. The molecule has 11 nitrogen and oxygen atoms in total. The molecule has 3 N–H and O–H groups in total. The number of ether oxygens (including phenoxy) is 2. The molecule has 0 saturated carbocycles. The first-order valence-corrected chi connectivity index (χ1v) is 12.2. The summed E-state index contributed by atoms with van der Waals surface area (Å²) in [5.74, 6) is 0.477. The quantitative estimate of drug-likeness (QED) is 0.359. The Morgan fingerprint density at radius 3 is 2.61 bits per heavy atom. The first kappa shape index (κ1) is 25.4. The minimum Gasteiger partial charge on any atom is -0.479 e. The number of hydrogen-bond donors (Lipinski definition) is 2. The first-order chi connectivity index (χ1) is 18.4. The van der Waals surface area contributed by atoms with Crippen LogP contribution in [0.3, 0.4) is 0 Å². The Morgan fingerprint density at radius 1 is 1.13 bits per heavy atom. The number of methoxy groups -OCH3 is 1. The van der Waals surface area contributed by atoms with Gasteiger partial charge in [-0.1, -0.05) is 30.3 Å². The SMILES string of the molecule is COc1nc(N2CCOCC2)c(N)cc1Nc1ncc(F)c(-n2cc(CN(C)C)c(-c3ccccc3)n2)n1. The third-order valence-corrected chi connectivity index (χ3v) is 6.01. The lowest BCUT2D eigenvalue weighted by Gasteiger charge is -2.29. The third kappa shape index (κ3) is 5.36. The number of pyridine rings is 1. The number of benzene rings is 1. The molecule has 3 aromatic heterocycles. The van der Waals surface area contributed by atoms with E-state index in [1.807, 2.05) is 54.2 Å². The monoisotopic (exact) mass is 519 g/mol. The number of nitrogen functional groups attached to an aromatic ring is 1. The summed E-state index contributed by atoms with van der Waals surface area (Å²) in [5.41, 5.74) is 9.87. The van der Waals surface area contributed by atoms with Crippen LogP contribution in [0.1, 0.15) is 5.56 Å². The van der Waals surface area contributed by atoms with E-state index in [0.717, 1.165) is 23.0 Å². The highest BCUT2D eigenvalue weighted by atomic mass is 19.1. The highest BCUT2D eigenvalue weighted by Gasteiger charge is 2.21. The molecule has 198 valence electrons. The Morgan fingerprint density at radius 2 is 1.89 bits per heavy atom. The highest BCUT2D eigenvalue weighted by Crippen LogP contribution is 2.33. The zero-order chi connectivity index (χ0) is 26.6. The van der Waals surface area contributed by atoms with E-state index >= 15 is 0 Å². The van der Waals surface area contributed by atoms with Crippen LogP contribution in [-0.2, 0) is 11.3 Å². The van der Waals surface area contributed by atoms with Gasteiger partial charge in [0.15, 0.2) is 17.5 Å². The van der Waals surface area contributed by atoms with Crippen molar-refractivity contribution in [1.82, 2.24) is 29.6 Å². The average Bonchev–Trinajstić information content (AvgIpc) is 3.33. The predicted molar refractivity (Wildman–Crippen MR) is 143 cm³/mol. The molecule has 0 amide bonds. The van der Waals surface area contributed by atoms with Gasteiger partial charge in [-0.2, -0.15) is 15.1 Å². The lowest BCUT2D eigenvalue weighted by Crippen LogP contribution is -2.37. The molecule has 1 aliphatic rings. The molecule has 1 fully saturated rings. The molecule has 1 aromatic carbocycles. The molecule has 0 radical (unpaired) electrons. The summed E-state index contributed by atoms with van der Waals surface area (Å²) < 4.78 is 27.3. The first-order valence-electron chi connectivity index (χ1n) is 12.2. The molecule has 5 rings (SSSR count). The molecule has 0 bridgehead atoms. The number of nitrogens with zero attached hydrogens (tertiary/aromatic N) is 7. The maximum atomic E-state index is 15.0. The summed E-state index contributed by atoms with van der Waals surface area (Å²) in [6.45, 7) is 3.20. The van der Waals surface area contributed by atoms with Crippen LogP contribution in [0, 0.1) is 5.82 Å². The van der Waals surface area contributed by atoms with Crippen molar-refractivity contribution >= 4 is 23.1 Å². The Labute approximate surface area is 220 Å². The van der Waals surface area contributed by atoms with Gasteiger partial charge < -0.3 is 30.3 Å². The number of hydrogen-bond acceptors (Lipinski definition) is 10. The molecule has 0 spiro atoms. The van der Waals surface area contributed by atoms with Gasteiger partial charge in [0.05, 0.1) is 37.9 Å². The van der Waals surface area contributed by atoms with Gasteiger partial charge in [0.2, 0.25) is 11.8 Å². The van der Waals surface area contributed by atoms with E-state index in [4.69, 9.17) is 15.2 Å². The lowest BCUT2D eigenvalue weighted by molar-refractivity contribution is 0.122. The van der Waals surface area contributed by atoms with Crippen molar-refractivity contribution in [1.29, 1.82) is 0 Å². The van der Waals surface area contributed by atoms with Crippen molar-refractivity contribution in [2.75, 3.05) is 63.5 Å². The van der Waals surface area contributed by atoms with Crippen molar-refractivity contribution in [3.05, 3.63) is 60.2 Å². The van der Waals surface area contributed by atoms with Gasteiger partial charge in [0, 0.05) is 37.0 Å². The number of anilines is 4. The number of nitrogens with two attached hydrogens (primary N) is 1. The van der Waals surface area contributed by atoms with Gasteiger partial charge in [-0.05, 0) is 20.2 Å². The normalized spacial score (nSPS) is 13.7. The fourth-order valence-electron chi connectivity index (χ4n) is 4.29. The van der Waals surface area contributed by atoms with Crippen LogP contribution in [0.5, 0.6) is 5.88 Å². The average molecular weight is 520 g/mol. The predicted octanol–water partition coefficient (Wildman–Crippen LogP) is 3.10. The fourth-order valence-corrected chi connectivity index (χ4v) is 4.29. The van der Waals surface area contributed by atoms with Crippen LogP contribution in [0.4, 0.5) is 27.5 Å². The van der Waals surface area contributed by atoms with E-state index in [0.29, 0.717) is 55.9 Å². The molecule has 38 heavy (non-hydrogen) atoms. The molecule has 4 aromatic rings. The molecule has 0 aliphatic carbocycles. The van der Waals surface area contributed by atoms with E-state index in [9.17, 15) is 4.39 Å². The van der Waals surface area contributed by atoms with Gasteiger partial charge in [-0.3, -0.25) is 0 Å². The Kier molecular flexibility index (Phi) is 7.33. The Bertz CT molecular complexity index is 1410. The summed E-state index contributed by atoms with van der Waals surface area (Å²) in [7, 11) is 5.46. The van der Waals surface area contributed by atoms with Gasteiger partial charge in [-0.15, -0.1) is 0 Å². The molecule has 0 atom stereocenters. The summed E-state index contributed by atoms with van der Waals surface area (Å²) in [5, 5.41) is 7.75. The van der Waals surface area contributed by atoms with Gasteiger partial charge >= 0.3 is 0 Å². The summed E-state index contributed by atoms with van der Waals surface area (Å²) in [6, 6.07) is 11.5. The number of nitrogens with one attached hydrogen (secondary N) is 1. The Balaban J connectivity index is 1.48. The van der Waals surface area contributed by atoms with Crippen LogP contribution in [0.25, 0.3) is 17.1 Å². The topological polar surface area (TPSA) is 119 Å². The summed E-state index contributed by atoms with van der Waals surface area (Å²) in [6.07, 6.45) is 2.89. The van der Waals surface area contributed by atoms with Crippen LogP contribution < -0.4 is 20.7 Å². The minimum absolute atomic E-state index is 0.00882. The van der Waals surface area contributed by atoms with E-state index in [1.54, 1.807) is 12.3 Å². The van der Waals surface area contributed by atoms with Crippen molar-refractivity contribution in [2.24, 2.45) is 0 Å². The van der Waals surface area contributed by atoms with Gasteiger partial charge in [-0.25, -0.2) is 14.1 Å². The van der Waals surface area contributed by atoms with Gasteiger partial charge in [0.25, 0.3) is 0 Å². The van der Waals surface area contributed by atoms with Crippen molar-refractivity contribution in [2.45, 2.75) is 6.54 Å². The van der Waals surface area contributed by atoms with E-state index in [-0.39, 0.29) is 11.8 Å². The zero-order valence-corrected chi connectivity index (χ0v) is 21.6. The van der Waals surface area contributed by atoms with Gasteiger partial charge in [0.1, 0.15) is 5.69 Å².